The van der Waals surface area contributed by atoms with Crippen LogP contribution in [0.2, 0.25) is 0 Å². The zero-order chi connectivity index (χ0) is 12.3. The van der Waals surface area contributed by atoms with Crippen LogP contribution in [0, 0.1) is 11.8 Å². The van der Waals surface area contributed by atoms with E-state index >= 15 is 0 Å². The molecule has 94 valence electrons. The summed E-state index contributed by atoms with van der Waals surface area (Å²) in [5.74, 6) is 2.17. The predicted molar refractivity (Wildman–Crippen MR) is 69.4 cm³/mol. The molecule has 1 aliphatic rings. The van der Waals surface area contributed by atoms with Crippen LogP contribution >= 0.6 is 0 Å². The van der Waals surface area contributed by atoms with E-state index in [0.29, 0.717) is 18.5 Å². The van der Waals surface area contributed by atoms with Crippen molar-refractivity contribution in [1.82, 2.24) is 4.98 Å². The molecule has 1 heterocycles. The van der Waals surface area contributed by atoms with Gasteiger partial charge in [-0.05, 0) is 43.2 Å². The second-order valence-electron chi connectivity index (χ2n) is 5.25. The average molecular weight is 234 g/mol. The largest absolute Gasteiger partial charge is 0.384 e. The van der Waals surface area contributed by atoms with Crippen molar-refractivity contribution in [3.05, 3.63) is 23.9 Å². The van der Waals surface area contributed by atoms with Crippen molar-refractivity contribution < 1.29 is 4.74 Å². The van der Waals surface area contributed by atoms with Crippen molar-refractivity contribution in [1.29, 1.82) is 0 Å². The van der Waals surface area contributed by atoms with E-state index in [1.807, 2.05) is 12.1 Å². The van der Waals surface area contributed by atoms with Gasteiger partial charge in [-0.15, -0.1) is 0 Å². The van der Waals surface area contributed by atoms with Crippen LogP contribution < -0.4 is 5.73 Å². The number of hydrogen-bond donors (Lipinski definition) is 1. The Morgan fingerprint density at radius 2 is 2.12 bits per heavy atom. The molecule has 0 radical (unpaired) electrons. The van der Waals surface area contributed by atoms with Crippen molar-refractivity contribution >= 4 is 5.82 Å². The SMILES string of the molecule is CC1CCC(OCc2cccc(N)n2)CC1C. The number of pyridine rings is 1. The molecule has 1 aliphatic carbocycles. The van der Waals surface area contributed by atoms with Gasteiger partial charge in [0.15, 0.2) is 0 Å². The third kappa shape index (κ3) is 3.43. The number of rotatable bonds is 3. The van der Waals surface area contributed by atoms with Gasteiger partial charge in [-0.3, -0.25) is 0 Å². The lowest BCUT2D eigenvalue weighted by molar-refractivity contribution is -0.00871. The van der Waals surface area contributed by atoms with Gasteiger partial charge < -0.3 is 10.5 Å². The number of anilines is 1. The highest BCUT2D eigenvalue weighted by Gasteiger charge is 2.24. The van der Waals surface area contributed by atoms with Crippen LogP contribution in [0.25, 0.3) is 0 Å². The van der Waals surface area contributed by atoms with Gasteiger partial charge in [0.2, 0.25) is 0 Å². The molecule has 0 saturated heterocycles. The summed E-state index contributed by atoms with van der Waals surface area (Å²) in [6.45, 7) is 5.23. The van der Waals surface area contributed by atoms with Crippen molar-refractivity contribution in [3.63, 3.8) is 0 Å². The van der Waals surface area contributed by atoms with Crippen LogP contribution in [0.5, 0.6) is 0 Å². The van der Waals surface area contributed by atoms with Gasteiger partial charge >= 0.3 is 0 Å². The minimum absolute atomic E-state index is 0.393. The minimum atomic E-state index is 0.393. The van der Waals surface area contributed by atoms with E-state index in [1.54, 1.807) is 6.07 Å². The Hall–Kier alpha value is -1.09. The molecular weight excluding hydrogens is 212 g/mol. The zero-order valence-electron chi connectivity index (χ0n) is 10.7. The second-order valence-corrected chi connectivity index (χ2v) is 5.25. The molecule has 3 unspecified atom stereocenters. The molecule has 0 bridgehead atoms. The molecule has 3 nitrogen and oxygen atoms in total. The fraction of sp³-hybridized carbons (Fsp3) is 0.643. The van der Waals surface area contributed by atoms with E-state index in [1.165, 1.54) is 19.3 Å². The number of nitrogens with zero attached hydrogens (tertiary/aromatic N) is 1. The fourth-order valence-electron chi connectivity index (χ4n) is 2.43. The maximum atomic E-state index is 5.92. The van der Waals surface area contributed by atoms with Crippen molar-refractivity contribution in [2.45, 2.75) is 45.8 Å². The number of hydrogen-bond acceptors (Lipinski definition) is 3. The first-order valence-electron chi connectivity index (χ1n) is 6.48. The predicted octanol–water partition coefficient (Wildman–Crippen LogP) is 3.01. The van der Waals surface area contributed by atoms with Gasteiger partial charge in [-0.2, -0.15) is 0 Å². The normalized spacial score (nSPS) is 29.2. The first-order valence-corrected chi connectivity index (χ1v) is 6.48. The summed E-state index contributed by atoms with van der Waals surface area (Å²) >= 11 is 0. The molecule has 2 rings (SSSR count). The van der Waals surface area contributed by atoms with Crippen LogP contribution in [0.4, 0.5) is 5.82 Å². The van der Waals surface area contributed by atoms with Crippen LogP contribution in [0.1, 0.15) is 38.8 Å². The number of aromatic nitrogens is 1. The molecule has 1 aromatic heterocycles. The Labute approximate surface area is 103 Å². The molecule has 0 amide bonds. The molecule has 0 aliphatic heterocycles. The maximum absolute atomic E-state index is 5.92. The third-order valence-electron chi connectivity index (χ3n) is 3.85. The summed E-state index contributed by atoms with van der Waals surface area (Å²) in [6.07, 6.45) is 4.01. The van der Waals surface area contributed by atoms with Crippen LogP contribution in [0.15, 0.2) is 18.2 Å². The topological polar surface area (TPSA) is 48.1 Å². The molecule has 3 atom stereocenters. The highest BCUT2D eigenvalue weighted by molar-refractivity contribution is 5.28. The second kappa shape index (κ2) is 5.50. The Balaban J connectivity index is 1.82. The van der Waals surface area contributed by atoms with Gasteiger partial charge in [0.25, 0.3) is 0 Å². The summed E-state index contributed by atoms with van der Waals surface area (Å²) < 4.78 is 5.92. The van der Waals surface area contributed by atoms with E-state index in [-0.39, 0.29) is 0 Å². The minimum Gasteiger partial charge on any atom is -0.384 e. The Morgan fingerprint density at radius 1 is 1.29 bits per heavy atom. The van der Waals surface area contributed by atoms with Gasteiger partial charge in [0, 0.05) is 0 Å². The summed E-state index contributed by atoms with van der Waals surface area (Å²) in [6, 6.07) is 5.69. The van der Waals surface area contributed by atoms with E-state index in [9.17, 15) is 0 Å². The molecule has 0 spiro atoms. The van der Waals surface area contributed by atoms with Gasteiger partial charge in [0.05, 0.1) is 18.4 Å². The molecule has 1 aromatic rings. The lowest BCUT2D eigenvalue weighted by Gasteiger charge is -2.31. The van der Waals surface area contributed by atoms with Crippen LogP contribution in [-0.2, 0) is 11.3 Å². The molecule has 3 heteroatoms. The summed E-state index contributed by atoms with van der Waals surface area (Å²) in [5.41, 5.74) is 6.57. The average Bonchev–Trinajstić information content (AvgIpc) is 2.31. The van der Waals surface area contributed by atoms with Gasteiger partial charge in [-0.1, -0.05) is 19.9 Å². The van der Waals surface area contributed by atoms with E-state index in [0.717, 1.165) is 17.5 Å². The number of nitrogens with two attached hydrogens (primary N) is 1. The van der Waals surface area contributed by atoms with Crippen LogP contribution in [0.3, 0.4) is 0 Å². The van der Waals surface area contributed by atoms with Crippen molar-refractivity contribution in [3.8, 4) is 0 Å². The monoisotopic (exact) mass is 234 g/mol. The number of ether oxygens (including phenoxy) is 1. The lowest BCUT2D eigenvalue weighted by atomic mass is 9.80. The third-order valence-corrected chi connectivity index (χ3v) is 3.85. The first kappa shape index (κ1) is 12.4. The molecule has 1 fully saturated rings. The van der Waals surface area contributed by atoms with Gasteiger partial charge in [0.1, 0.15) is 5.82 Å². The van der Waals surface area contributed by atoms with E-state index in [2.05, 4.69) is 18.8 Å². The molecule has 17 heavy (non-hydrogen) atoms. The Kier molecular flexibility index (Phi) is 4.00. The summed E-state index contributed by atoms with van der Waals surface area (Å²) in [4.78, 5) is 4.24. The smallest absolute Gasteiger partial charge is 0.123 e. The Bertz CT molecular complexity index is 367. The molecule has 2 N–H and O–H groups in total. The van der Waals surface area contributed by atoms with Gasteiger partial charge in [-0.25, -0.2) is 4.98 Å². The van der Waals surface area contributed by atoms with Crippen molar-refractivity contribution in [2.75, 3.05) is 5.73 Å². The summed E-state index contributed by atoms with van der Waals surface area (Å²) in [5, 5.41) is 0. The standard InChI is InChI=1S/C14H22N2O/c1-10-6-7-13(8-11(10)2)17-9-12-4-3-5-14(15)16-12/h3-5,10-11,13H,6-9H2,1-2H3,(H2,15,16). The van der Waals surface area contributed by atoms with Crippen molar-refractivity contribution in [2.24, 2.45) is 11.8 Å². The maximum Gasteiger partial charge on any atom is 0.123 e. The highest BCUT2D eigenvalue weighted by atomic mass is 16.5. The van der Waals surface area contributed by atoms with Crippen LogP contribution in [-0.4, -0.2) is 11.1 Å². The molecule has 0 aromatic carbocycles. The van der Waals surface area contributed by atoms with E-state index < -0.39 is 0 Å². The quantitative estimate of drug-likeness (QED) is 0.874. The Morgan fingerprint density at radius 3 is 2.82 bits per heavy atom. The molecular formula is C14H22N2O. The fourth-order valence-corrected chi connectivity index (χ4v) is 2.43. The first-order chi connectivity index (χ1) is 8.15. The molecule has 1 saturated carbocycles. The summed E-state index contributed by atoms with van der Waals surface area (Å²) in [7, 11) is 0. The number of nitrogen functional groups attached to an aromatic ring is 1. The lowest BCUT2D eigenvalue weighted by Crippen LogP contribution is -2.26. The highest BCUT2D eigenvalue weighted by Crippen LogP contribution is 2.31. The zero-order valence-corrected chi connectivity index (χ0v) is 10.7. The van der Waals surface area contributed by atoms with E-state index in [4.69, 9.17) is 10.5 Å².